The summed E-state index contributed by atoms with van der Waals surface area (Å²) in [6.45, 7) is 1.74. The van der Waals surface area contributed by atoms with Crippen LogP contribution in [0.2, 0.25) is 0 Å². The van der Waals surface area contributed by atoms with Crippen LogP contribution in [0.5, 0.6) is 0 Å². The summed E-state index contributed by atoms with van der Waals surface area (Å²) in [5, 5.41) is 14.0. The molecule has 1 unspecified atom stereocenters. The minimum absolute atomic E-state index is 0.0508. The van der Waals surface area contributed by atoms with Crippen LogP contribution in [0.25, 0.3) is 0 Å². The van der Waals surface area contributed by atoms with E-state index in [9.17, 15) is 14.4 Å². The van der Waals surface area contributed by atoms with E-state index in [4.69, 9.17) is 10.8 Å². The molecule has 0 aliphatic carbocycles. The molecule has 1 aromatic carbocycles. The first-order chi connectivity index (χ1) is 10.9. The van der Waals surface area contributed by atoms with Crippen molar-refractivity contribution in [1.29, 1.82) is 0 Å². The molecule has 0 aliphatic heterocycles. The molecule has 0 saturated carbocycles. The summed E-state index contributed by atoms with van der Waals surface area (Å²) in [7, 11) is 0. The van der Waals surface area contributed by atoms with Crippen molar-refractivity contribution in [2.45, 2.75) is 44.7 Å². The predicted molar refractivity (Wildman–Crippen MR) is 85.7 cm³/mol. The summed E-state index contributed by atoms with van der Waals surface area (Å²) in [5.41, 5.74) is 6.18. The van der Waals surface area contributed by atoms with E-state index in [1.54, 1.807) is 6.92 Å². The highest BCUT2D eigenvalue weighted by Gasteiger charge is 2.19. The van der Waals surface area contributed by atoms with Gasteiger partial charge in [0.05, 0.1) is 0 Å². The minimum Gasteiger partial charge on any atom is -0.481 e. The molecule has 0 saturated heterocycles. The van der Waals surface area contributed by atoms with Gasteiger partial charge in [0.15, 0.2) is 0 Å². The minimum atomic E-state index is -0.922. The van der Waals surface area contributed by atoms with Gasteiger partial charge in [0.1, 0.15) is 6.04 Å². The molecule has 0 spiro atoms. The van der Waals surface area contributed by atoms with Crippen LogP contribution in [0.1, 0.15) is 31.7 Å². The number of primary amides is 1. The van der Waals surface area contributed by atoms with Crippen molar-refractivity contribution in [2.75, 3.05) is 0 Å². The van der Waals surface area contributed by atoms with E-state index in [2.05, 4.69) is 10.6 Å². The Kier molecular flexibility index (Phi) is 7.59. The Morgan fingerprint density at radius 3 is 2.35 bits per heavy atom. The molecule has 0 aromatic heterocycles. The lowest BCUT2D eigenvalue weighted by Crippen LogP contribution is -2.51. The average molecular weight is 321 g/mol. The molecule has 1 rings (SSSR count). The number of hydrogen-bond donors (Lipinski definition) is 4. The van der Waals surface area contributed by atoms with Crippen LogP contribution in [-0.4, -0.2) is 35.1 Å². The first kappa shape index (κ1) is 18.5. The second-order valence-electron chi connectivity index (χ2n) is 5.30. The molecule has 0 radical (unpaired) electrons. The molecule has 0 bridgehead atoms. The second-order valence-corrected chi connectivity index (χ2v) is 5.30. The van der Waals surface area contributed by atoms with Crippen molar-refractivity contribution in [2.24, 2.45) is 5.73 Å². The molecule has 2 atom stereocenters. The van der Waals surface area contributed by atoms with Gasteiger partial charge in [-0.2, -0.15) is 0 Å². The second kappa shape index (κ2) is 9.45. The molecule has 7 nitrogen and oxygen atoms in total. The Balaban J connectivity index is 2.65. The number of carboxylic acids is 1. The summed E-state index contributed by atoms with van der Waals surface area (Å²) in [4.78, 5) is 33.9. The monoisotopic (exact) mass is 321 g/mol. The maximum Gasteiger partial charge on any atom is 0.315 e. The third-order valence-corrected chi connectivity index (χ3v) is 3.42. The number of hydrogen-bond acceptors (Lipinski definition) is 3. The van der Waals surface area contributed by atoms with E-state index < -0.39 is 23.9 Å². The number of rotatable bonds is 9. The summed E-state index contributed by atoms with van der Waals surface area (Å²) in [6, 6.07) is 7.84. The Morgan fingerprint density at radius 2 is 1.83 bits per heavy atom. The smallest absolute Gasteiger partial charge is 0.315 e. The van der Waals surface area contributed by atoms with E-state index in [0.717, 1.165) is 5.56 Å². The van der Waals surface area contributed by atoms with Crippen LogP contribution in [0, 0.1) is 0 Å². The number of urea groups is 1. The van der Waals surface area contributed by atoms with Crippen LogP contribution in [0.3, 0.4) is 0 Å². The Bertz CT molecular complexity index is 533. The van der Waals surface area contributed by atoms with E-state index >= 15 is 0 Å². The molecule has 0 heterocycles. The quantitative estimate of drug-likeness (QED) is 0.542. The van der Waals surface area contributed by atoms with Gasteiger partial charge < -0.3 is 21.5 Å². The van der Waals surface area contributed by atoms with E-state index in [-0.39, 0.29) is 12.5 Å². The van der Waals surface area contributed by atoms with Gasteiger partial charge in [0.2, 0.25) is 5.91 Å². The highest BCUT2D eigenvalue weighted by atomic mass is 16.4. The summed E-state index contributed by atoms with van der Waals surface area (Å²) >= 11 is 0. The van der Waals surface area contributed by atoms with Crippen LogP contribution in [-0.2, 0) is 16.0 Å². The maximum absolute atomic E-state index is 12.0. The lowest BCUT2D eigenvalue weighted by molar-refractivity contribution is -0.137. The van der Waals surface area contributed by atoms with Crippen LogP contribution in [0.15, 0.2) is 30.3 Å². The maximum atomic E-state index is 12.0. The van der Waals surface area contributed by atoms with Crippen LogP contribution >= 0.6 is 0 Å². The zero-order valence-corrected chi connectivity index (χ0v) is 13.1. The van der Waals surface area contributed by atoms with Gasteiger partial charge in [0.25, 0.3) is 0 Å². The van der Waals surface area contributed by atoms with Crippen molar-refractivity contribution >= 4 is 17.9 Å². The lowest BCUT2D eigenvalue weighted by Gasteiger charge is -2.21. The summed E-state index contributed by atoms with van der Waals surface area (Å²) in [6.07, 6.45) is 1.14. The number of carbonyl (C=O) groups excluding carboxylic acids is 2. The fourth-order valence-corrected chi connectivity index (χ4v) is 2.18. The number of carbonyl (C=O) groups is 3. The van der Waals surface area contributed by atoms with E-state index in [0.29, 0.717) is 19.3 Å². The van der Waals surface area contributed by atoms with Gasteiger partial charge in [-0.15, -0.1) is 0 Å². The number of nitrogens with two attached hydrogens (primary N) is 1. The number of aliphatic carboxylic acids is 1. The van der Waals surface area contributed by atoms with Crippen LogP contribution < -0.4 is 16.4 Å². The number of carboxylic acid groups (broad SMARTS) is 1. The summed E-state index contributed by atoms with van der Waals surface area (Å²) < 4.78 is 0. The normalized spacial score (nSPS) is 12.9. The highest BCUT2D eigenvalue weighted by molar-refractivity contribution is 5.85. The SMILES string of the molecule is CC[C@@H](NC(=O)NC(CCC(=O)O)Cc1ccccc1)C(N)=O. The molecule has 5 N–H and O–H groups in total. The molecule has 126 valence electrons. The zero-order valence-electron chi connectivity index (χ0n) is 13.1. The van der Waals surface area contributed by atoms with Gasteiger partial charge in [-0.05, 0) is 24.8 Å². The first-order valence-electron chi connectivity index (χ1n) is 7.54. The first-order valence-corrected chi connectivity index (χ1v) is 7.54. The van der Waals surface area contributed by atoms with Crippen molar-refractivity contribution < 1.29 is 19.5 Å². The lowest BCUT2D eigenvalue weighted by atomic mass is 10.0. The Hall–Kier alpha value is -2.57. The van der Waals surface area contributed by atoms with Crippen molar-refractivity contribution in [3.63, 3.8) is 0 Å². The van der Waals surface area contributed by atoms with E-state index in [1.165, 1.54) is 0 Å². The Labute approximate surface area is 135 Å². The van der Waals surface area contributed by atoms with Gasteiger partial charge in [-0.1, -0.05) is 37.3 Å². The molecule has 3 amide bonds. The fourth-order valence-electron chi connectivity index (χ4n) is 2.18. The zero-order chi connectivity index (χ0) is 17.2. The Morgan fingerprint density at radius 1 is 1.17 bits per heavy atom. The van der Waals surface area contributed by atoms with Gasteiger partial charge in [-0.25, -0.2) is 4.79 Å². The molecule has 1 aromatic rings. The largest absolute Gasteiger partial charge is 0.481 e. The summed E-state index contributed by atoms with van der Waals surface area (Å²) in [5.74, 6) is -1.53. The molecule has 0 fully saturated rings. The van der Waals surface area contributed by atoms with E-state index in [1.807, 2.05) is 30.3 Å². The number of benzene rings is 1. The van der Waals surface area contributed by atoms with Gasteiger partial charge >= 0.3 is 12.0 Å². The van der Waals surface area contributed by atoms with Gasteiger partial charge in [-0.3, -0.25) is 9.59 Å². The topological polar surface area (TPSA) is 122 Å². The standard InChI is InChI=1S/C16H23N3O4/c1-2-13(15(17)22)19-16(23)18-12(8-9-14(20)21)10-11-6-4-3-5-7-11/h3-7,12-13H,2,8-10H2,1H3,(H2,17,22)(H,20,21)(H2,18,19,23)/t12?,13-/m1/s1. The van der Waals surface area contributed by atoms with Crippen molar-refractivity contribution in [3.05, 3.63) is 35.9 Å². The third kappa shape index (κ3) is 7.30. The molecular formula is C16H23N3O4. The third-order valence-electron chi connectivity index (χ3n) is 3.42. The predicted octanol–water partition coefficient (Wildman–Crippen LogP) is 1.03. The average Bonchev–Trinajstić information content (AvgIpc) is 2.51. The molecule has 23 heavy (non-hydrogen) atoms. The number of nitrogens with one attached hydrogen (secondary N) is 2. The van der Waals surface area contributed by atoms with Crippen molar-refractivity contribution in [1.82, 2.24) is 10.6 Å². The molecular weight excluding hydrogens is 298 g/mol. The fraction of sp³-hybridized carbons (Fsp3) is 0.438. The van der Waals surface area contributed by atoms with Crippen molar-refractivity contribution in [3.8, 4) is 0 Å². The molecule has 7 heteroatoms. The number of amides is 3. The molecule has 0 aliphatic rings. The highest BCUT2D eigenvalue weighted by Crippen LogP contribution is 2.08. The van der Waals surface area contributed by atoms with Crippen LogP contribution in [0.4, 0.5) is 4.79 Å². The van der Waals surface area contributed by atoms with Gasteiger partial charge in [0, 0.05) is 12.5 Å².